The number of anilines is 2. The van der Waals surface area contributed by atoms with Gasteiger partial charge in [0.1, 0.15) is 5.39 Å². The molecule has 4 aromatic rings. The van der Waals surface area contributed by atoms with Gasteiger partial charge in [0.05, 0.1) is 11.7 Å². The van der Waals surface area contributed by atoms with Gasteiger partial charge in [-0.3, -0.25) is 9.69 Å². The third-order valence-electron chi connectivity index (χ3n) is 7.38. The Morgan fingerprint density at radius 2 is 2.03 bits per heavy atom. The zero-order valence-corrected chi connectivity index (χ0v) is 21.7. The van der Waals surface area contributed by atoms with Crippen molar-refractivity contribution in [1.29, 1.82) is 0 Å². The van der Waals surface area contributed by atoms with Gasteiger partial charge in [-0.2, -0.15) is 4.98 Å². The van der Waals surface area contributed by atoms with Crippen LogP contribution in [0.1, 0.15) is 56.5 Å². The van der Waals surface area contributed by atoms with Gasteiger partial charge in [-0.15, -0.1) is 0 Å². The first kappa shape index (κ1) is 23.8. The molecule has 1 aromatic carbocycles. The van der Waals surface area contributed by atoms with Crippen LogP contribution in [0.25, 0.3) is 16.9 Å². The molecule has 1 aliphatic heterocycles. The lowest BCUT2D eigenvalue weighted by atomic mass is 10.0. The lowest BCUT2D eigenvalue weighted by Gasteiger charge is -2.24. The molecule has 192 valence electrons. The number of fused-ring (bicyclic) bond motifs is 2. The number of hydrogen-bond acceptors (Lipinski definition) is 7. The van der Waals surface area contributed by atoms with E-state index in [0.29, 0.717) is 28.8 Å². The quantitative estimate of drug-likeness (QED) is 0.380. The van der Waals surface area contributed by atoms with Crippen molar-refractivity contribution in [2.24, 2.45) is 0 Å². The highest BCUT2D eigenvalue weighted by Gasteiger charge is 2.31. The summed E-state index contributed by atoms with van der Waals surface area (Å²) in [7, 11) is 0. The molecule has 3 aromatic heterocycles. The van der Waals surface area contributed by atoms with Crippen LogP contribution < -0.4 is 16.2 Å². The molecule has 1 saturated carbocycles. The summed E-state index contributed by atoms with van der Waals surface area (Å²) in [5.74, 6) is 1.18. The predicted octanol–water partition coefficient (Wildman–Crippen LogP) is 3.93. The molecule has 0 amide bonds. The van der Waals surface area contributed by atoms with Crippen molar-refractivity contribution in [2.75, 3.05) is 18.4 Å². The number of pyridine rings is 1. The molecular weight excluding hydrogens is 464 g/mol. The summed E-state index contributed by atoms with van der Waals surface area (Å²) in [6.45, 7) is 10.1. The third-order valence-corrected chi connectivity index (χ3v) is 7.38. The van der Waals surface area contributed by atoms with Crippen LogP contribution in [0.5, 0.6) is 0 Å². The first-order chi connectivity index (χ1) is 18.0. The number of nitrogens with zero attached hydrogens (tertiary/aromatic N) is 6. The molecule has 0 unspecified atom stereocenters. The van der Waals surface area contributed by atoms with Crippen molar-refractivity contribution < 1.29 is 0 Å². The average Bonchev–Trinajstić information content (AvgIpc) is 3.71. The first-order valence-electron chi connectivity index (χ1n) is 13.3. The highest BCUT2D eigenvalue weighted by atomic mass is 16.1. The summed E-state index contributed by atoms with van der Waals surface area (Å²) in [4.78, 5) is 30.1. The minimum absolute atomic E-state index is 0.0603. The molecule has 2 aliphatic rings. The van der Waals surface area contributed by atoms with Gasteiger partial charge in [-0.05, 0) is 81.6 Å². The van der Waals surface area contributed by atoms with E-state index in [2.05, 4.69) is 59.5 Å². The Morgan fingerprint density at radius 3 is 2.81 bits per heavy atom. The van der Waals surface area contributed by atoms with Crippen molar-refractivity contribution in [1.82, 2.24) is 34.5 Å². The lowest BCUT2D eigenvalue weighted by Crippen LogP contribution is -2.30. The van der Waals surface area contributed by atoms with Crippen LogP contribution in [0.2, 0.25) is 0 Å². The van der Waals surface area contributed by atoms with Crippen molar-refractivity contribution in [3.8, 4) is 5.82 Å². The second-order valence-corrected chi connectivity index (χ2v) is 10.3. The Bertz CT molecular complexity index is 1500. The number of hydrogen-bond donors (Lipinski definition) is 2. The van der Waals surface area contributed by atoms with Gasteiger partial charge in [0.15, 0.2) is 11.5 Å². The Kier molecular flexibility index (Phi) is 6.26. The minimum atomic E-state index is -0.0603. The smallest absolute Gasteiger partial charge is 0.278 e. The lowest BCUT2D eigenvalue weighted by molar-refractivity contribution is 0.222. The molecule has 9 heteroatoms. The highest BCUT2D eigenvalue weighted by Crippen LogP contribution is 2.35. The second kappa shape index (κ2) is 9.72. The van der Waals surface area contributed by atoms with Gasteiger partial charge in [0, 0.05) is 31.0 Å². The third kappa shape index (κ3) is 4.65. The zero-order valence-electron chi connectivity index (χ0n) is 21.7. The van der Waals surface area contributed by atoms with E-state index in [9.17, 15) is 4.79 Å². The van der Waals surface area contributed by atoms with Crippen LogP contribution in [0.15, 0.2) is 47.4 Å². The van der Waals surface area contributed by atoms with Crippen LogP contribution in [0, 0.1) is 0 Å². The van der Waals surface area contributed by atoms with Gasteiger partial charge >= 0.3 is 0 Å². The summed E-state index contributed by atoms with van der Waals surface area (Å²) in [5, 5.41) is 7.28. The van der Waals surface area contributed by atoms with E-state index in [4.69, 9.17) is 9.97 Å². The summed E-state index contributed by atoms with van der Waals surface area (Å²) in [6, 6.07) is 13.0. The molecule has 1 aliphatic carbocycles. The maximum atomic E-state index is 13.4. The highest BCUT2D eigenvalue weighted by molar-refractivity contribution is 5.77. The number of benzene rings is 1. The van der Waals surface area contributed by atoms with Crippen LogP contribution in [-0.4, -0.2) is 48.3 Å². The molecule has 0 atom stereocenters. The Hall–Kier alpha value is -3.56. The predicted molar refractivity (Wildman–Crippen MR) is 146 cm³/mol. The molecule has 1 fully saturated rings. The molecule has 4 heterocycles. The fourth-order valence-electron chi connectivity index (χ4n) is 5.15. The van der Waals surface area contributed by atoms with E-state index in [-0.39, 0.29) is 11.6 Å². The first-order valence-corrected chi connectivity index (χ1v) is 13.3. The molecule has 0 bridgehead atoms. The molecule has 2 N–H and O–H groups in total. The van der Waals surface area contributed by atoms with Crippen LogP contribution in [0.4, 0.5) is 11.6 Å². The van der Waals surface area contributed by atoms with Crippen molar-refractivity contribution in [3.05, 3.63) is 69.8 Å². The Labute approximate surface area is 216 Å². The van der Waals surface area contributed by atoms with Crippen molar-refractivity contribution >= 4 is 22.7 Å². The molecule has 0 saturated heterocycles. The van der Waals surface area contributed by atoms with Crippen molar-refractivity contribution in [2.45, 2.75) is 65.2 Å². The summed E-state index contributed by atoms with van der Waals surface area (Å²) in [6.07, 6.45) is 4.61. The summed E-state index contributed by atoms with van der Waals surface area (Å²) < 4.78 is 3.72. The molecule has 0 spiro atoms. The fourth-order valence-corrected chi connectivity index (χ4v) is 5.15. The average molecular weight is 499 g/mol. The minimum Gasteiger partial charge on any atom is -0.324 e. The van der Waals surface area contributed by atoms with E-state index < -0.39 is 0 Å². The van der Waals surface area contributed by atoms with Crippen LogP contribution >= 0.6 is 0 Å². The molecule has 37 heavy (non-hydrogen) atoms. The van der Waals surface area contributed by atoms with E-state index in [1.807, 2.05) is 27.6 Å². The van der Waals surface area contributed by atoms with E-state index >= 15 is 0 Å². The Balaban J connectivity index is 1.40. The van der Waals surface area contributed by atoms with Gasteiger partial charge in [0.25, 0.3) is 5.56 Å². The number of rotatable bonds is 8. The molecule has 6 rings (SSSR count). The van der Waals surface area contributed by atoms with Crippen molar-refractivity contribution in [3.63, 3.8) is 0 Å². The maximum absolute atomic E-state index is 13.4. The van der Waals surface area contributed by atoms with E-state index in [1.54, 1.807) is 6.20 Å². The van der Waals surface area contributed by atoms with Gasteiger partial charge in [-0.1, -0.05) is 19.1 Å². The van der Waals surface area contributed by atoms with Crippen LogP contribution in [-0.2, 0) is 19.5 Å². The Morgan fingerprint density at radius 1 is 1.16 bits per heavy atom. The molecule has 0 radical (unpaired) electrons. The maximum Gasteiger partial charge on any atom is 0.278 e. The van der Waals surface area contributed by atoms with Gasteiger partial charge in [-0.25, -0.2) is 19.3 Å². The van der Waals surface area contributed by atoms with Crippen LogP contribution in [0.3, 0.4) is 0 Å². The van der Waals surface area contributed by atoms with Gasteiger partial charge in [0.2, 0.25) is 5.95 Å². The zero-order chi connectivity index (χ0) is 25.5. The van der Waals surface area contributed by atoms with E-state index in [1.165, 1.54) is 11.1 Å². The SMILES string of the molecule is CCN(Cc1cccc(-n2c3nc(Nc4ccc5c(c4)CCNC5)ncc3c(=O)n2C2CC2)n1)C(C)C. The monoisotopic (exact) mass is 498 g/mol. The standard InChI is InChI=1S/C28H34N8O/c1-4-34(18(2)3)17-22-6-5-7-25(31-22)36-26-24(27(37)35(36)23-10-11-23)16-30-28(33-26)32-21-9-8-20-15-29-13-12-19(20)14-21/h5-9,14,16,18,23,29H,4,10-13,15,17H2,1-3H3,(H,30,32,33). The largest absolute Gasteiger partial charge is 0.324 e. The summed E-state index contributed by atoms with van der Waals surface area (Å²) >= 11 is 0. The second-order valence-electron chi connectivity index (χ2n) is 10.3. The molecule has 9 nitrogen and oxygen atoms in total. The normalized spacial score (nSPS) is 15.5. The summed E-state index contributed by atoms with van der Waals surface area (Å²) in [5.41, 5.74) is 5.11. The molecular formula is C28H34N8O. The number of aromatic nitrogens is 5. The van der Waals surface area contributed by atoms with E-state index in [0.717, 1.165) is 56.8 Å². The van der Waals surface area contributed by atoms with Gasteiger partial charge < -0.3 is 10.6 Å². The topological polar surface area (TPSA) is 92.9 Å². The fraction of sp³-hybridized carbons (Fsp3) is 0.429. The number of nitrogens with one attached hydrogen (secondary N) is 2.